The summed E-state index contributed by atoms with van der Waals surface area (Å²) in [6, 6.07) is 10.3. The van der Waals surface area contributed by atoms with Crippen molar-refractivity contribution < 1.29 is 27.1 Å². The van der Waals surface area contributed by atoms with Gasteiger partial charge in [0, 0.05) is 12.1 Å². The Hall–Kier alpha value is -3.02. The van der Waals surface area contributed by atoms with Crippen molar-refractivity contribution in [2.45, 2.75) is 44.4 Å². The number of esters is 1. The zero-order valence-corrected chi connectivity index (χ0v) is 20.9. The molecular weight excluding hydrogens is 481 g/mol. The van der Waals surface area contributed by atoms with E-state index >= 15 is 0 Å². The van der Waals surface area contributed by atoms with E-state index in [-0.39, 0.29) is 34.2 Å². The Balaban J connectivity index is 2.11. The monoisotopic (exact) mass is 507 g/mol. The Kier molecular flexibility index (Phi) is 7.59. The maximum atomic E-state index is 14.4. The van der Waals surface area contributed by atoms with E-state index in [2.05, 4.69) is 4.98 Å². The molecule has 0 spiro atoms. The van der Waals surface area contributed by atoms with Gasteiger partial charge in [-0.25, -0.2) is 22.6 Å². The molecule has 3 aromatic rings. The number of methoxy groups -OCH3 is 1. The minimum absolute atomic E-state index is 0.0633. The van der Waals surface area contributed by atoms with Crippen molar-refractivity contribution in [3.63, 3.8) is 0 Å². The van der Waals surface area contributed by atoms with Gasteiger partial charge < -0.3 is 15.2 Å². The van der Waals surface area contributed by atoms with Gasteiger partial charge in [0.15, 0.2) is 5.69 Å². The van der Waals surface area contributed by atoms with E-state index in [1.807, 2.05) is 0 Å². The number of carbonyl (C=O) groups excluding carboxylic acids is 1. The molecule has 0 unspecified atom stereocenters. The van der Waals surface area contributed by atoms with Crippen LogP contribution in [0, 0.1) is 5.82 Å². The van der Waals surface area contributed by atoms with E-state index < -0.39 is 27.4 Å². The molecule has 0 fully saturated rings. The summed E-state index contributed by atoms with van der Waals surface area (Å²) in [7, 11) is -2.78. The molecule has 0 amide bonds. The summed E-state index contributed by atoms with van der Waals surface area (Å²) in [4.78, 5) is 16.6. The lowest BCUT2D eigenvalue weighted by molar-refractivity contribution is 0.00646. The molecule has 3 rings (SSSR count). The first-order valence-electron chi connectivity index (χ1n) is 10.3. The zero-order valence-electron chi connectivity index (χ0n) is 19.2. The van der Waals surface area contributed by atoms with Crippen molar-refractivity contribution in [1.82, 2.24) is 4.98 Å². The Bertz CT molecular complexity index is 1270. The maximum Gasteiger partial charge on any atom is 0.360 e. The van der Waals surface area contributed by atoms with Gasteiger partial charge in [-0.2, -0.15) is 0 Å². The third kappa shape index (κ3) is 5.72. The second kappa shape index (κ2) is 10.1. The third-order valence-corrected chi connectivity index (χ3v) is 7.39. The van der Waals surface area contributed by atoms with Gasteiger partial charge in [0.05, 0.1) is 24.1 Å². The number of anilines is 1. The quantitative estimate of drug-likeness (QED) is 0.457. The summed E-state index contributed by atoms with van der Waals surface area (Å²) in [5.41, 5.74) is 6.73. The SMILES string of the molecule is COc1ccc(CN(c2scnc2C(=O)OC(C)(C)C)S(=O)(=O)c2ccc(CN)c(F)c2)cc1. The molecule has 0 saturated carbocycles. The second-order valence-electron chi connectivity index (χ2n) is 8.33. The largest absolute Gasteiger partial charge is 0.497 e. The Morgan fingerprint density at radius 3 is 2.41 bits per heavy atom. The van der Waals surface area contributed by atoms with E-state index in [1.54, 1.807) is 45.0 Å². The molecule has 182 valence electrons. The highest BCUT2D eigenvalue weighted by Gasteiger charge is 2.33. The summed E-state index contributed by atoms with van der Waals surface area (Å²) in [5.74, 6) is -0.891. The molecule has 0 aliphatic rings. The number of hydrogen-bond acceptors (Lipinski definition) is 8. The van der Waals surface area contributed by atoms with Crippen LogP contribution in [-0.4, -0.2) is 32.1 Å². The number of rotatable bonds is 8. The van der Waals surface area contributed by atoms with Gasteiger partial charge in [0.1, 0.15) is 22.2 Å². The Morgan fingerprint density at radius 2 is 1.85 bits per heavy atom. The fourth-order valence-corrected chi connectivity index (χ4v) is 5.51. The Morgan fingerprint density at radius 1 is 1.18 bits per heavy atom. The molecule has 8 nitrogen and oxygen atoms in total. The van der Waals surface area contributed by atoms with Crippen LogP contribution in [0.2, 0.25) is 0 Å². The lowest BCUT2D eigenvalue weighted by Crippen LogP contribution is -2.32. The summed E-state index contributed by atoms with van der Waals surface area (Å²) in [6.45, 7) is 4.89. The molecule has 0 aliphatic heterocycles. The highest BCUT2D eigenvalue weighted by atomic mass is 32.2. The van der Waals surface area contributed by atoms with Crippen LogP contribution in [0.4, 0.5) is 9.39 Å². The first-order valence-corrected chi connectivity index (χ1v) is 12.6. The van der Waals surface area contributed by atoms with Crippen LogP contribution in [0.5, 0.6) is 5.75 Å². The highest BCUT2D eigenvalue weighted by Crippen LogP contribution is 2.34. The average molecular weight is 508 g/mol. The number of thiazole rings is 1. The van der Waals surface area contributed by atoms with Crippen LogP contribution >= 0.6 is 11.3 Å². The fourth-order valence-electron chi connectivity index (χ4n) is 3.03. The smallest absolute Gasteiger partial charge is 0.360 e. The van der Waals surface area contributed by atoms with Crippen molar-refractivity contribution in [3.05, 3.63) is 70.6 Å². The number of benzene rings is 2. The molecule has 2 N–H and O–H groups in total. The van der Waals surface area contributed by atoms with Crippen LogP contribution in [0.1, 0.15) is 42.4 Å². The number of sulfonamides is 1. The molecule has 1 heterocycles. The first kappa shape index (κ1) is 25.6. The molecule has 0 bridgehead atoms. The molecule has 2 aromatic carbocycles. The average Bonchev–Trinajstić information content (AvgIpc) is 3.26. The predicted octanol–water partition coefficient (Wildman–Crippen LogP) is 4.10. The van der Waals surface area contributed by atoms with Crippen molar-refractivity contribution in [1.29, 1.82) is 0 Å². The topological polar surface area (TPSA) is 112 Å². The molecule has 0 aliphatic carbocycles. The maximum absolute atomic E-state index is 14.4. The van der Waals surface area contributed by atoms with Gasteiger partial charge in [-0.05, 0) is 50.6 Å². The van der Waals surface area contributed by atoms with Gasteiger partial charge in [0.25, 0.3) is 10.0 Å². The third-order valence-electron chi connectivity index (χ3n) is 4.69. The van der Waals surface area contributed by atoms with Crippen LogP contribution in [0.15, 0.2) is 52.9 Å². The number of carbonyl (C=O) groups is 1. The molecule has 0 atom stereocenters. The summed E-state index contributed by atoms with van der Waals surface area (Å²) >= 11 is 0.969. The van der Waals surface area contributed by atoms with Gasteiger partial charge in [-0.15, -0.1) is 11.3 Å². The van der Waals surface area contributed by atoms with Crippen LogP contribution in [0.3, 0.4) is 0 Å². The second-order valence-corrected chi connectivity index (χ2v) is 11.0. The molecular formula is C23H26FN3O5S2. The lowest BCUT2D eigenvalue weighted by Gasteiger charge is -2.25. The number of aromatic nitrogens is 1. The van der Waals surface area contributed by atoms with Crippen molar-refractivity contribution >= 4 is 32.3 Å². The minimum Gasteiger partial charge on any atom is -0.497 e. The van der Waals surface area contributed by atoms with Gasteiger partial charge in [0.2, 0.25) is 0 Å². The predicted molar refractivity (Wildman–Crippen MR) is 128 cm³/mol. The molecule has 1 aromatic heterocycles. The van der Waals surface area contributed by atoms with E-state index in [9.17, 15) is 17.6 Å². The zero-order chi connectivity index (χ0) is 25.1. The van der Waals surface area contributed by atoms with E-state index in [1.165, 1.54) is 24.8 Å². The molecule has 0 radical (unpaired) electrons. The van der Waals surface area contributed by atoms with Gasteiger partial charge in [-0.3, -0.25) is 4.31 Å². The van der Waals surface area contributed by atoms with E-state index in [4.69, 9.17) is 15.2 Å². The van der Waals surface area contributed by atoms with Crippen molar-refractivity contribution in [3.8, 4) is 5.75 Å². The van der Waals surface area contributed by atoms with Crippen LogP contribution < -0.4 is 14.8 Å². The number of halogens is 1. The molecule has 0 saturated heterocycles. The highest BCUT2D eigenvalue weighted by molar-refractivity contribution is 7.93. The standard InChI is InChI=1S/C23H26FN3O5S2/c1-23(2,3)32-22(28)20-21(33-14-26-20)27(13-15-5-8-17(31-4)9-6-15)34(29,30)18-10-7-16(12-25)19(24)11-18/h5-11,14H,12-13,25H2,1-4H3. The minimum atomic E-state index is -4.30. The summed E-state index contributed by atoms with van der Waals surface area (Å²) in [6.07, 6.45) is 0. The van der Waals surface area contributed by atoms with Crippen LogP contribution in [0.25, 0.3) is 0 Å². The number of nitrogens with zero attached hydrogens (tertiary/aromatic N) is 2. The number of nitrogens with two attached hydrogens (primary N) is 1. The summed E-state index contributed by atoms with van der Waals surface area (Å²) < 4.78 is 53.4. The molecule has 11 heteroatoms. The van der Waals surface area contributed by atoms with E-state index in [0.29, 0.717) is 11.3 Å². The van der Waals surface area contributed by atoms with Crippen molar-refractivity contribution in [2.75, 3.05) is 11.4 Å². The van der Waals surface area contributed by atoms with Crippen molar-refractivity contribution in [2.24, 2.45) is 5.73 Å². The normalized spacial score (nSPS) is 11.8. The summed E-state index contributed by atoms with van der Waals surface area (Å²) in [5, 5.41) is 0.0633. The molecule has 34 heavy (non-hydrogen) atoms. The van der Waals surface area contributed by atoms with Gasteiger partial charge in [-0.1, -0.05) is 18.2 Å². The number of ether oxygens (including phenoxy) is 2. The first-order chi connectivity index (χ1) is 16.0. The fraction of sp³-hybridized carbons (Fsp3) is 0.304. The van der Waals surface area contributed by atoms with Gasteiger partial charge >= 0.3 is 5.97 Å². The lowest BCUT2D eigenvalue weighted by atomic mass is 10.2. The Labute approximate surface area is 202 Å². The number of hydrogen-bond donors (Lipinski definition) is 1. The van der Waals surface area contributed by atoms with E-state index in [0.717, 1.165) is 21.7 Å². The van der Waals surface area contributed by atoms with Crippen LogP contribution in [-0.2, 0) is 27.8 Å².